The van der Waals surface area contributed by atoms with Crippen LogP contribution >= 0.6 is 0 Å². The van der Waals surface area contributed by atoms with Crippen LogP contribution in [-0.2, 0) is 4.74 Å². The van der Waals surface area contributed by atoms with Crippen molar-refractivity contribution in [1.29, 1.82) is 0 Å². The van der Waals surface area contributed by atoms with Gasteiger partial charge in [0.1, 0.15) is 17.0 Å². The second-order valence-electron chi connectivity index (χ2n) is 3.32. The zero-order chi connectivity index (χ0) is 12.4. The zero-order valence-electron chi connectivity index (χ0n) is 9.03. The Morgan fingerprint density at radius 3 is 2.94 bits per heavy atom. The van der Waals surface area contributed by atoms with Crippen molar-refractivity contribution in [3.8, 4) is 0 Å². The average molecular weight is 236 g/mol. The van der Waals surface area contributed by atoms with Crippen molar-refractivity contribution >= 4 is 16.9 Å². The molecule has 1 aromatic heterocycles. The van der Waals surface area contributed by atoms with Gasteiger partial charge in [-0.05, 0) is 25.1 Å². The third-order valence-electron chi connectivity index (χ3n) is 2.22. The van der Waals surface area contributed by atoms with E-state index in [0.717, 1.165) is 6.07 Å². The normalized spacial score (nSPS) is 10.5. The molecule has 0 aliphatic heterocycles. The number of esters is 1. The highest BCUT2D eigenvalue weighted by molar-refractivity contribution is 5.92. The van der Waals surface area contributed by atoms with Crippen molar-refractivity contribution in [2.24, 2.45) is 0 Å². The van der Waals surface area contributed by atoms with Crippen molar-refractivity contribution in [2.75, 3.05) is 6.61 Å². The standard InChI is InChI=1S/C12H9FO4/c1-2-16-11(14)8-6-7-9(13)4-3-5-10(7)17-12(8)15/h3-6H,2H2,1H3. The lowest BCUT2D eigenvalue weighted by atomic mass is 10.2. The zero-order valence-corrected chi connectivity index (χ0v) is 9.03. The molecule has 0 amide bonds. The van der Waals surface area contributed by atoms with Gasteiger partial charge in [-0.1, -0.05) is 6.07 Å². The van der Waals surface area contributed by atoms with E-state index >= 15 is 0 Å². The largest absolute Gasteiger partial charge is 0.462 e. The Labute approximate surface area is 95.6 Å². The number of halogens is 1. The minimum atomic E-state index is -0.832. The van der Waals surface area contributed by atoms with E-state index in [2.05, 4.69) is 4.74 Å². The Morgan fingerprint density at radius 1 is 1.47 bits per heavy atom. The molecular weight excluding hydrogens is 227 g/mol. The van der Waals surface area contributed by atoms with Crippen LogP contribution < -0.4 is 5.63 Å². The van der Waals surface area contributed by atoms with Crippen LogP contribution in [0.15, 0.2) is 33.5 Å². The second kappa shape index (κ2) is 4.37. The maximum Gasteiger partial charge on any atom is 0.351 e. The van der Waals surface area contributed by atoms with Gasteiger partial charge in [0.25, 0.3) is 0 Å². The molecule has 0 saturated heterocycles. The fourth-order valence-electron chi connectivity index (χ4n) is 1.46. The highest BCUT2D eigenvalue weighted by Crippen LogP contribution is 2.17. The summed E-state index contributed by atoms with van der Waals surface area (Å²) in [5.41, 5.74) is -1.03. The molecule has 1 aromatic carbocycles. The van der Waals surface area contributed by atoms with E-state index in [0.29, 0.717) is 0 Å². The van der Waals surface area contributed by atoms with Crippen molar-refractivity contribution in [3.05, 3.63) is 46.1 Å². The molecule has 2 aromatic rings. The van der Waals surface area contributed by atoms with Gasteiger partial charge in [0, 0.05) is 0 Å². The summed E-state index contributed by atoms with van der Waals surface area (Å²) in [6.07, 6.45) is 0. The summed E-state index contributed by atoms with van der Waals surface area (Å²) in [5.74, 6) is -1.37. The van der Waals surface area contributed by atoms with Crippen molar-refractivity contribution in [3.63, 3.8) is 0 Å². The van der Waals surface area contributed by atoms with Crippen LogP contribution in [0, 0.1) is 5.82 Å². The first-order valence-electron chi connectivity index (χ1n) is 5.03. The van der Waals surface area contributed by atoms with Gasteiger partial charge in [0.2, 0.25) is 0 Å². The van der Waals surface area contributed by atoms with Crippen LogP contribution in [0.1, 0.15) is 17.3 Å². The Hall–Kier alpha value is -2.17. The van der Waals surface area contributed by atoms with Crippen LogP contribution in [0.3, 0.4) is 0 Å². The first kappa shape index (κ1) is 11.3. The number of carbonyl (C=O) groups is 1. The van der Waals surface area contributed by atoms with Crippen LogP contribution in [-0.4, -0.2) is 12.6 Å². The van der Waals surface area contributed by atoms with E-state index in [1.165, 1.54) is 18.2 Å². The number of ether oxygens (including phenoxy) is 1. The predicted octanol–water partition coefficient (Wildman–Crippen LogP) is 2.11. The molecule has 0 N–H and O–H groups in total. The summed E-state index contributed by atoms with van der Waals surface area (Å²) in [6, 6.07) is 5.24. The molecule has 4 nitrogen and oxygen atoms in total. The van der Waals surface area contributed by atoms with Crippen molar-refractivity contribution in [2.45, 2.75) is 6.92 Å². The van der Waals surface area contributed by atoms with Crippen LogP contribution in [0.4, 0.5) is 4.39 Å². The van der Waals surface area contributed by atoms with Gasteiger partial charge in [-0.25, -0.2) is 14.0 Å². The molecule has 5 heteroatoms. The third-order valence-corrected chi connectivity index (χ3v) is 2.22. The van der Waals surface area contributed by atoms with Gasteiger partial charge in [0.15, 0.2) is 0 Å². The maximum atomic E-state index is 13.4. The molecule has 88 valence electrons. The SMILES string of the molecule is CCOC(=O)c1cc2c(F)cccc2oc1=O. The van der Waals surface area contributed by atoms with Gasteiger partial charge < -0.3 is 9.15 Å². The Morgan fingerprint density at radius 2 is 2.24 bits per heavy atom. The number of rotatable bonds is 2. The van der Waals surface area contributed by atoms with Gasteiger partial charge in [-0.2, -0.15) is 0 Å². The van der Waals surface area contributed by atoms with Crippen LogP contribution in [0.2, 0.25) is 0 Å². The summed E-state index contributed by atoms with van der Waals surface area (Å²) in [6.45, 7) is 1.74. The summed E-state index contributed by atoms with van der Waals surface area (Å²) in [7, 11) is 0. The summed E-state index contributed by atoms with van der Waals surface area (Å²) in [5, 5.41) is 0.0788. The van der Waals surface area contributed by atoms with E-state index in [4.69, 9.17) is 4.42 Å². The quantitative estimate of drug-likeness (QED) is 0.592. The molecule has 1 heterocycles. The lowest BCUT2D eigenvalue weighted by Gasteiger charge is -2.02. The van der Waals surface area contributed by atoms with E-state index in [1.54, 1.807) is 6.92 Å². The van der Waals surface area contributed by atoms with Crippen LogP contribution in [0.5, 0.6) is 0 Å². The maximum absolute atomic E-state index is 13.4. The van der Waals surface area contributed by atoms with E-state index in [9.17, 15) is 14.0 Å². The molecule has 2 rings (SSSR count). The fraction of sp³-hybridized carbons (Fsp3) is 0.167. The molecule has 17 heavy (non-hydrogen) atoms. The highest BCUT2D eigenvalue weighted by Gasteiger charge is 2.15. The minimum absolute atomic E-state index is 0.0788. The molecule has 0 radical (unpaired) electrons. The van der Waals surface area contributed by atoms with E-state index in [-0.39, 0.29) is 23.1 Å². The highest BCUT2D eigenvalue weighted by atomic mass is 19.1. The molecule has 0 unspecified atom stereocenters. The van der Waals surface area contributed by atoms with Gasteiger partial charge in [-0.3, -0.25) is 0 Å². The first-order chi connectivity index (χ1) is 8.13. The van der Waals surface area contributed by atoms with Gasteiger partial charge in [0.05, 0.1) is 12.0 Å². The van der Waals surface area contributed by atoms with Crippen molar-refractivity contribution in [1.82, 2.24) is 0 Å². The first-order valence-corrected chi connectivity index (χ1v) is 5.03. The molecule has 0 bridgehead atoms. The number of benzene rings is 1. The number of hydrogen-bond acceptors (Lipinski definition) is 4. The van der Waals surface area contributed by atoms with Crippen molar-refractivity contribution < 1.29 is 18.3 Å². The third kappa shape index (κ3) is 2.04. The minimum Gasteiger partial charge on any atom is -0.462 e. The van der Waals surface area contributed by atoms with E-state index < -0.39 is 17.4 Å². The van der Waals surface area contributed by atoms with Gasteiger partial charge >= 0.3 is 11.6 Å². The molecule has 0 aliphatic rings. The average Bonchev–Trinajstić information content (AvgIpc) is 2.29. The molecule has 0 aliphatic carbocycles. The predicted molar refractivity (Wildman–Crippen MR) is 58.4 cm³/mol. The van der Waals surface area contributed by atoms with E-state index in [1.807, 2.05) is 0 Å². The Balaban J connectivity index is 2.66. The number of carbonyl (C=O) groups excluding carboxylic acids is 1. The molecule has 0 atom stereocenters. The number of fused-ring (bicyclic) bond motifs is 1. The fourth-order valence-corrected chi connectivity index (χ4v) is 1.46. The lowest BCUT2D eigenvalue weighted by Crippen LogP contribution is -2.16. The smallest absolute Gasteiger partial charge is 0.351 e. The summed E-state index contributed by atoms with van der Waals surface area (Å²) in [4.78, 5) is 22.9. The summed E-state index contributed by atoms with van der Waals surface area (Å²) >= 11 is 0. The van der Waals surface area contributed by atoms with Crippen LogP contribution in [0.25, 0.3) is 11.0 Å². The summed E-state index contributed by atoms with van der Waals surface area (Å²) < 4.78 is 23.0. The van der Waals surface area contributed by atoms with Gasteiger partial charge in [-0.15, -0.1) is 0 Å². The Kier molecular flexibility index (Phi) is 2.91. The molecule has 0 spiro atoms. The monoisotopic (exact) mass is 236 g/mol. The second-order valence-corrected chi connectivity index (χ2v) is 3.32. The topological polar surface area (TPSA) is 56.5 Å². The lowest BCUT2D eigenvalue weighted by molar-refractivity contribution is 0.0522. The molecular formula is C12H9FO4. The molecule has 0 saturated carbocycles. The Bertz CT molecular complexity index is 630. The number of hydrogen-bond donors (Lipinski definition) is 0. The molecule has 0 fully saturated rings.